The third-order valence-corrected chi connectivity index (χ3v) is 2.71. The van der Waals surface area contributed by atoms with E-state index in [2.05, 4.69) is 5.32 Å². The number of carbonyl (C=O) groups is 2. The van der Waals surface area contributed by atoms with E-state index < -0.39 is 23.3 Å². The minimum absolute atomic E-state index is 0.198. The predicted octanol–water partition coefficient (Wildman–Crippen LogP) is 1.27. The van der Waals surface area contributed by atoms with Gasteiger partial charge in [0.15, 0.2) is 0 Å². The molecule has 0 saturated heterocycles. The molecule has 1 heterocycles. The molecule has 0 aliphatic rings. The number of ether oxygens (including phenoxy) is 1. The lowest BCUT2D eigenvalue weighted by Gasteiger charge is -2.07. The van der Waals surface area contributed by atoms with E-state index in [4.69, 9.17) is 19.4 Å². The fourth-order valence-corrected chi connectivity index (χ4v) is 1.74. The molecule has 1 aromatic carbocycles. The Morgan fingerprint density at radius 2 is 2.00 bits per heavy atom. The number of nitrogens with one attached hydrogen (secondary N) is 1. The third kappa shape index (κ3) is 3.23. The third-order valence-electron chi connectivity index (χ3n) is 2.71. The van der Waals surface area contributed by atoms with Crippen LogP contribution in [0.2, 0.25) is 0 Å². The zero-order valence-electron chi connectivity index (χ0n) is 11.3. The van der Waals surface area contributed by atoms with Gasteiger partial charge in [-0.15, -0.1) is 0 Å². The van der Waals surface area contributed by atoms with Crippen molar-refractivity contribution in [3.63, 3.8) is 0 Å². The molecule has 22 heavy (non-hydrogen) atoms. The predicted molar refractivity (Wildman–Crippen MR) is 76.0 cm³/mol. The molecule has 0 spiro atoms. The van der Waals surface area contributed by atoms with Crippen molar-refractivity contribution in [2.24, 2.45) is 0 Å². The maximum Gasteiger partial charge on any atom is 0.360 e. The molecule has 3 N–H and O–H groups in total. The van der Waals surface area contributed by atoms with Gasteiger partial charge >= 0.3 is 17.6 Å². The highest BCUT2D eigenvalue weighted by molar-refractivity contribution is 5.97. The minimum Gasteiger partial charge on any atom is -0.497 e. The molecule has 0 radical (unpaired) electrons. The Morgan fingerprint density at radius 1 is 1.27 bits per heavy atom. The van der Waals surface area contributed by atoms with Crippen LogP contribution >= 0.6 is 0 Å². The van der Waals surface area contributed by atoms with Crippen molar-refractivity contribution >= 4 is 28.6 Å². The van der Waals surface area contributed by atoms with Crippen molar-refractivity contribution in [3.8, 4) is 5.75 Å². The standard InChI is InChI=1S/C14H11NO7/c1-21-8-2-3-11-7(4-8)5-10(14(20)22-11)15-9(13(18)19)6-12(16)17/h2-6,15H,1H3,(H,16,17)(H,18,19). The number of carboxylic acid groups (broad SMARTS) is 2. The van der Waals surface area contributed by atoms with Crippen LogP contribution in [0.15, 0.2) is 45.3 Å². The molecule has 114 valence electrons. The van der Waals surface area contributed by atoms with E-state index in [1.54, 1.807) is 12.1 Å². The lowest BCUT2D eigenvalue weighted by Crippen LogP contribution is -2.17. The molecule has 0 bridgehead atoms. The smallest absolute Gasteiger partial charge is 0.360 e. The topological polar surface area (TPSA) is 126 Å². The Hall–Kier alpha value is -3.29. The molecule has 0 fully saturated rings. The first-order valence-electron chi connectivity index (χ1n) is 5.97. The van der Waals surface area contributed by atoms with E-state index in [9.17, 15) is 14.4 Å². The van der Waals surface area contributed by atoms with Gasteiger partial charge < -0.3 is 24.7 Å². The van der Waals surface area contributed by atoms with Crippen LogP contribution in [0.4, 0.5) is 5.69 Å². The molecular formula is C14H11NO7. The fourth-order valence-electron chi connectivity index (χ4n) is 1.74. The molecule has 0 saturated carbocycles. The molecule has 0 aliphatic heterocycles. The lowest BCUT2D eigenvalue weighted by molar-refractivity contribution is -0.134. The molecule has 0 amide bonds. The second-order valence-electron chi connectivity index (χ2n) is 4.18. The number of carboxylic acids is 2. The summed E-state index contributed by atoms with van der Waals surface area (Å²) in [5, 5.41) is 20.3. The van der Waals surface area contributed by atoms with Gasteiger partial charge in [0.25, 0.3) is 0 Å². The molecule has 8 heteroatoms. The van der Waals surface area contributed by atoms with Crippen LogP contribution in [0.3, 0.4) is 0 Å². The highest BCUT2D eigenvalue weighted by Gasteiger charge is 2.13. The summed E-state index contributed by atoms with van der Waals surface area (Å²) < 4.78 is 10.1. The van der Waals surface area contributed by atoms with Crippen molar-refractivity contribution in [2.45, 2.75) is 0 Å². The molecule has 8 nitrogen and oxygen atoms in total. The number of anilines is 1. The average molecular weight is 305 g/mol. The van der Waals surface area contributed by atoms with E-state index >= 15 is 0 Å². The minimum atomic E-state index is -1.52. The normalized spacial score (nSPS) is 11.2. The van der Waals surface area contributed by atoms with Crippen LogP contribution in [0.25, 0.3) is 11.0 Å². The first-order valence-corrected chi connectivity index (χ1v) is 5.97. The van der Waals surface area contributed by atoms with Gasteiger partial charge in [0, 0.05) is 5.39 Å². The van der Waals surface area contributed by atoms with Gasteiger partial charge in [0.2, 0.25) is 0 Å². The number of methoxy groups -OCH3 is 1. The number of fused-ring (bicyclic) bond motifs is 1. The van der Waals surface area contributed by atoms with Crippen LogP contribution < -0.4 is 15.7 Å². The quantitative estimate of drug-likeness (QED) is 0.557. The maximum absolute atomic E-state index is 11.8. The van der Waals surface area contributed by atoms with Crippen molar-refractivity contribution in [2.75, 3.05) is 12.4 Å². The number of hydrogen-bond donors (Lipinski definition) is 3. The number of hydrogen-bond acceptors (Lipinski definition) is 6. The average Bonchev–Trinajstić information content (AvgIpc) is 2.46. The van der Waals surface area contributed by atoms with E-state index in [1.807, 2.05) is 0 Å². The van der Waals surface area contributed by atoms with Gasteiger partial charge in [0.05, 0.1) is 13.2 Å². The monoisotopic (exact) mass is 305 g/mol. The molecular weight excluding hydrogens is 294 g/mol. The van der Waals surface area contributed by atoms with E-state index in [0.29, 0.717) is 17.2 Å². The Kier molecular flexibility index (Phi) is 4.12. The Morgan fingerprint density at radius 3 is 2.59 bits per heavy atom. The summed E-state index contributed by atoms with van der Waals surface area (Å²) in [6, 6.07) is 6.07. The summed E-state index contributed by atoms with van der Waals surface area (Å²) in [6.07, 6.45) is 0.442. The van der Waals surface area contributed by atoms with E-state index in [1.165, 1.54) is 19.2 Å². The van der Waals surface area contributed by atoms with Gasteiger partial charge in [-0.25, -0.2) is 14.4 Å². The number of benzene rings is 1. The number of aliphatic carboxylic acids is 2. The van der Waals surface area contributed by atoms with Crippen LogP contribution in [-0.4, -0.2) is 29.3 Å². The van der Waals surface area contributed by atoms with Gasteiger partial charge in [-0.1, -0.05) is 0 Å². The van der Waals surface area contributed by atoms with E-state index in [0.717, 1.165) is 0 Å². The highest BCUT2D eigenvalue weighted by atomic mass is 16.5. The molecule has 0 atom stereocenters. The number of rotatable bonds is 5. The first-order chi connectivity index (χ1) is 10.4. The fraction of sp³-hybridized carbons (Fsp3) is 0.0714. The summed E-state index contributed by atoms with van der Waals surface area (Å²) in [4.78, 5) is 33.4. The molecule has 1 aromatic heterocycles. The Labute approximate surface area is 123 Å². The zero-order chi connectivity index (χ0) is 16.3. The largest absolute Gasteiger partial charge is 0.497 e. The van der Waals surface area contributed by atoms with Crippen molar-refractivity contribution in [3.05, 3.63) is 46.5 Å². The first kappa shape index (κ1) is 15.1. The summed E-state index contributed by atoms with van der Waals surface area (Å²) in [6.45, 7) is 0. The second-order valence-corrected chi connectivity index (χ2v) is 4.18. The van der Waals surface area contributed by atoms with Crippen molar-refractivity contribution in [1.82, 2.24) is 0 Å². The Bertz CT molecular complexity index is 835. The maximum atomic E-state index is 11.8. The van der Waals surface area contributed by atoms with E-state index in [-0.39, 0.29) is 11.3 Å². The van der Waals surface area contributed by atoms with Crippen LogP contribution in [-0.2, 0) is 9.59 Å². The highest BCUT2D eigenvalue weighted by Crippen LogP contribution is 2.22. The second kappa shape index (κ2) is 6.00. The van der Waals surface area contributed by atoms with Gasteiger partial charge in [-0.05, 0) is 24.3 Å². The SMILES string of the molecule is COc1ccc2oc(=O)c(NC(=CC(=O)O)C(=O)O)cc2c1. The van der Waals surface area contributed by atoms with Gasteiger partial charge in [-0.3, -0.25) is 0 Å². The van der Waals surface area contributed by atoms with Crippen molar-refractivity contribution in [1.29, 1.82) is 0 Å². The molecule has 0 aliphatic carbocycles. The summed E-state index contributed by atoms with van der Waals surface area (Å²) in [7, 11) is 1.47. The molecule has 2 rings (SSSR count). The Balaban J connectivity index is 2.50. The van der Waals surface area contributed by atoms with Crippen molar-refractivity contribution < 1.29 is 29.0 Å². The lowest BCUT2D eigenvalue weighted by atomic mass is 10.2. The van der Waals surface area contributed by atoms with Gasteiger partial charge in [-0.2, -0.15) is 0 Å². The molecule has 0 unspecified atom stereocenters. The van der Waals surface area contributed by atoms with Crippen LogP contribution in [0, 0.1) is 0 Å². The van der Waals surface area contributed by atoms with Crippen LogP contribution in [0.1, 0.15) is 0 Å². The summed E-state index contributed by atoms with van der Waals surface area (Å²) in [5.41, 5.74) is -1.40. The summed E-state index contributed by atoms with van der Waals surface area (Å²) in [5.74, 6) is -2.46. The molecule has 2 aromatic rings. The zero-order valence-corrected chi connectivity index (χ0v) is 11.3. The van der Waals surface area contributed by atoms with Gasteiger partial charge in [0.1, 0.15) is 22.7 Å². The summed E-state index contributed by atoms with van der Waals surface area (Å²) >= 11 is 0. The van der Waals surface area contributed by atoms with Crippen LogP contribution in [0.5, 0.6) is 5.75 Å².